The summed E-state index contributed by atoms with van der Waals surface area (Å²) in [6.07, 6.45) is 1.78. The van der Waals surface area contributed by atoms with Gasteiger partial charge in [-0.25, -0.2) is 9.78 Å². The Hall–Kier alpha value is -2.80. The van der Waals surface area contributed by atoms with E-state index in [2.05, 4.69) is 34.4 Å². The van der Waals surface area contributed by atoms with Crippen molar-refractivity contribution >= 4 is 11.8 Å². The van der Waals surface area contributed by atoms with Gasteiger partial charge >= 0.3 is 6.03 Å². The predicted molar refractivity (Wildman–Crippen MR) is 113 cm³/mol. The number of hydrogen-bond donors (Lipinski definition) is 2. The Kier molecular flexibility index (Phi) is 7.30. The summed E-state index contributed by atoms with van der Waals surface area (Å²) in [7, 11) is 1.64. The van der Waals surface area contributed by atoms with Gasteiger partial charge in [-0.05, 0) is 29.7 Å². The Balaban J connectivity index is 1.62. The molecule has 2 heterocycles. The lowest BCUT2D eigenvalue weighted by atomic mass is 9.96. The molecule has 29 heavy (non-hydrogen) atoms. The molecule has 1 unspecified atom stereocenters. The zero-order valence-corrected chi connectivity index (χ0v) is 17.4. The van der Waals surface area contributed by atoms with Gasteiger partial charge in [0.25, 0.3) is 0 Å². The predicted octanol–water partition coefficient (Wildman–Crippen LogP) is 3.12. The number of nitrogens with zero attached hydrogens (tertiary/aromatic N) is 2. The number of carbonyl (C=O) groups excluding carboxylic acids is 1. The van der Waals surface area contributed by atoms with Crippen molar-refractivity contribution < 1.29 is 14.3 Å². The van der Waals surface area contributed by atoms with E-state index in [9.17, 15) is 4.79 Å². The van der Waals surface area contributed by atoms with Crippen molar-refractivity contribution in [1.29, 1.82) is 0 Å². The highest BCUT2D eigenvalue weighted by molar-refractivity contribution is 5.74. The standard InChI is InChI=1S/C22H30N4O3/c1-16(2)20(17-6-8-19(28-3)9-7-17)25-22(27)24-15-18-5-4-10-23-21(18)26-11-13-29-14-12-26/h4-10,16,20H,11-15H2,1-3H3,(H2,24,25,27). The summed E-state index contributed by atoms with van der Waals surface area (Å²) < 4.78 is 10.6. The summed E-state index contributed by atoms with van der Waals surface area (Å²) in [5.74, 6) is 1.95. The maximum absolute atomic E-state index is 12.6. The van der Waals surface area contributed by atoms with Gasteiger partial charge in [-0.1, -0.05) is 32.0 Å². The van der Waals surface area contributed by atoms with Crippen molar-refractivity contribution in [3.05, 3.63) is 53.7 Å². The summed E-state index contributed by atoms with van der Waals surface area (Å²) in [6.45, 7) is 7.61. The second kappa shape index (κ2) is 10.1. The van der Waals surface area contributed by atoms with Gasteiger partial charge in [0.15, 0.2) is 0 Å². The molecule has 3 rings (SSSR count). The molecule has 2 N–H and O–H groups in total. The lowest BCUT2D eigenvalue weighted by molar-refractivity contribution is 0.122. The Labute approximate surface area is 172 Å². The highest BCUT2D eigenvalue weighted by atomic mass is 16.5. The van der Waals surface area contributed by atoms with Gasteiger partial charge in [0, 0.05) is 31.4 Å². The van der Waals surface area contributed by atoms with Crippen LogP contribution in [0.4, 0.5) is 10.6 Å². The number of hydrogen-bond acceptors (Lipinski definition) is 5. The minimum Gasteiger partial charge on any atom is -0.497 e. The monoisotopic (exact) mass is 398 g/mol. The van der Waals surface area contributed by atoms with Crippen LogP contribution in [0.1, 0.15) is 31.0 Å². The number of morpholine rings is 1. The second-order valence-electron chi connectivity index (χ2n) is 7.41. The van der Waals surface area contributed by atoms with E-state index in [0.29, 0.717) is 19.8 Å². The van der Waals surface area contributed by atoms with Gasteiger partial charge in [0.05, 0.1) is 26.4 Å². The molecule has 7 nitrogen and oxygen atoms in total. The third-order valence-electron chi connectivity index (χ3n) is 5.05. The minimum atomic E-state index is -0.198. The summed E-state index contributed by atoms with van der Waals surface area (Å²) in [5, 5.41) is 6.08. The quantitative estimate of drug-likeness (QED) is 0.750. The van der Waals surface area contributed by atoms with E-state index in [4.69, 9.17) is 9.47 Å². The number of nitrogens with one attached hydrogen (secondary N) is 2. The van der Waals surface area contributed by atoms with Crippen molar-refractivity contribution in [3.63, 3.8) is 0 Å². The lowest BCUT2D eigenvalue weighted by Crippen LogP contribution is -2.40. The largest absolute Gasteiger partial charge is 0.497 e. The Morgan fingerprint density at radius 2 is 1.93 bits per heavy atom. The zero-order chi connectivity index (χ0) is 20.6. The molecular weight excluding hydrogens is 368 g/mol. The van der Waals surface area contributed by atoms with Crippen molar-refractivity contribution in [3.8, 4) is 5.75 Å². The van der Waals surface area contributed by atoms with Crippen LogP contribution in [-0.2, 0) is 11.3 Å². The molecule has 0 aliphatic carbocycles. The first-order valence-corrected chi connectivity index (χ1v) is 10.0. The molecule has 1 fully saturated rings. The first kappa shape index (κ1) is 20.9. The first-order valence-electron chi connectivity index (χ1n) is 10.0. The molecule has 0 spiro atoms. The number of ether oxygens (including phenoxy) is 2. The molecule has 156 valence electrons. The molecule has 0 saturated carbocycles. The highest BCUT2D eigenvalue weighted by Gasteiger charge is 2.20. The van der Waals surface area contributed by atoms with Gasteiger partial charge in [-0.2, -0.15) is 0 Å². The van der Waals surface area contributed by atoms with E-state index in [1.165, 1.54) is 0 Å². The lowest BCUT2D eigenvalue weighted by Gasteiger charge is -2.29. The third-order valence-corrected chi connectivity index (χ3v) is 5.05. The molecule has 2 aromatic rings. The average Bonchev–Trinajstić information content (AvgIpc) is 2.77. The maximum atomic E-state index is 12.6. The molecule has 0 radical (unpaired) electrons. The number of rotatable bonds is 7. The highest BCUT2D eigenvalue weighted by Crippen LogP contribution is 2.24. The van der Waals surface area contributed by atoms with Gasteiger partial charge in [0.1, 0.15) is 11.6 Å². The van der Waals surface area contributed by atoms with Gasteiger partial charge in [-0.3, -0.25) is 0 Å². The smallest absolute Gasteiger partial charge is 0.315 e. The first-order chi connectivity index (χ1) is 14.1. The fraction of sp³-hybridized carbons (Fsp3) is 0.455. The number of methoxy groups -OCH3 is 1. The van der Waals surface area contributed by atoms with Crippen molar-refractivity contribution in [2.45, 2.75) is 26.4 Å². The van der Waals surface area contributed by atoms with Crippen LogP contribution in [0.15, 0.2) is 42.6 Å². The Morgan fingerprint density at radius 1 is 1.21 bits per heavy atom. The van der Waals surface area contributed by atoms with Crippen LogP contribution in [0.2, 0.25) is 0 Å². The Morgan fingerprint density at radius 3 is 2.59 bits per heavy atom. The van der Waals surface area contributed by atoms with Crippen molar-refractivity contribution in [2.75, 3.05) is 38.3 Å². The van der Waals surface area contributed by atoms with Crippen LogP contribution in [0.3, 0.4) is 0 Å². The van der Waals surface area contributed by atoms with E-state index < -0.39 is 0 Å². The SMILES string of the molecule is COc1ccc(C(NC(=O)NCc2cccnc2N2CCOCC2)C(C)C)cc1. The number of anilines is 1. The summed E-state index contributed by atoms with van der Waals surface area (Å²) in [6, 6.07) is 11.4. The number of pyridine rings is 1. The van der Waals surface area contributed by atoms with E-state index in [0.717, 1.165) is 35.8 Å². The molecule has 1 aliphatic rings. The number of benzene rings is 1. The molecule has 7 heteroatoms. The number of aromatic nitrogens is 1. The van der Waals surface area contributed by atoms with Crippen LogP contribution in [0.25, 0.3) is 0 Å². The van der Waals surface area contributed by atoms with Crippen molar-refractivity contribution in [1.82, 2.24) is 15.6 Å². The van der Waals surface area contributed by atoms with E-state index in [1.807, 2.05) is 36.4 Å². The van der Waals surface area contributed by atoms with Gasteiger partial charge in [0.2, 0.25) is 0 Å². The molecule has 1 aromatic carbocycles. The molecule has 0 bridgehead atoms. The fourth-order valence-corrected chi connectivity index (χ4v) is 3.44. The molecule has 2 amide bonds. The Bertz CT molecular complexity index is 789. The molecule has 1 saturated heterocycles. The average molecular weight is 399 g/mol. The molecule has 1 aliphatic heterocycles. The third kappa shape index (κ3) is 5.60. The van der Waals surface area contributed by atoms with Crippen molar-refractivity contribution in [2.24, 2.45) is 5.92 Å². The van der Waals surface area contributed by atoms with Crippen LogP contribution >= 0.6 is 0 Å². The van der Waals surface area contributed by atoms with Crippen LogP contribution < -0.4 is 20.3 Å². The maximum Gasteiger partial charge on any atom is 0.315 e. The van der Waals surface area contributed by atoms with Crippen LogP contribution in [0.5, 0.6) is 5.75 Å². The number of urea groups is 1. The number of amides is 2. The van der Waals surface area contributed by atoms with E-state index in [-0.39, 0.29) is 18.0 Å². The normalized spacial score (nSPS) is 15.1. The zero-order valence-electron chi connectivity index (χ0n) is 17.4. The summed E-state index contributed by atoms with van der Waals surface area (Å²) in [4.78, 5) is 19.3. The van der Waals surface area contributed by atoms with Crippen LogP contribution in [0, 0.1) is 5.92 Å². The fourth-order valence-electron chi connectivity index (χ4n) is 3.44. The molecular formula is C22H30N4O3. The van der Waals surface area contributed by atoms with Gasteiger partial charge in [-0.15, -0.1) is 0 Å². The summed E-state index contributed by atoms with van der Waals surface area (Å²) >= 11 is 0. The van der Waals surface area contributed by atoms with Crippen LogP contribution in [-0.4, -0.2) is 44.4 Å². The number of carbonyl (C=O) groups is 1. The van der Waals surface area contributed by atoms with E-state index in [1.54, 1.807) is 13.3 Å². The van der Waals surface area contributed by atoms with E-state index >= 15 is 0 Å². The topological polar surface area (TPSA) is 75.7 Å². The minimum absolute atomic E-state index is 0.0893. The molecule has 1 atom stereocenters. The van der Waals surface area contributed by atoms with Gasteiger partial charge < -0.3 is 25.0 Å². The molecule has 1 aromatic heterocycles. The summed E-state index contributed by atoms with van der Waals surface area (Å²) in [5.41, 5.74) is 2.04. The second-order valence-corrected chi connectivity index (χ2v) is 7.41.